The predicted octanol–water partition coefficient (Wildman–Crippen LogP) is -6.38. The normalized spacial score (nSPS) is 39.9. The van der Waals surface area contributed by atoms with Crippen molar-refractivity contribution in [2.75, 3.05) is 52.9 Å². The number of aliphatic hydroxyl groups is 22. The van der Waals surface area contributed by atoms with Crippen LogP contribution in [-0.4, -0.2) is 446 Å². The van der Waals surface area contributed by atoms with Crippen molar-refractivity contribution in [3.05, 3.63) is 12.2 Å². The molecule has 8 fully saturated rings. The van der Waals surface area contributed by atoms with Crippen LogP contribution in [0.15, 0.2) is 12.2 Å². The summed E-state index contributed by atoms with van der Waals surface area (Å²) in [4.78, 5) is 53.4. The van der Waals surface area contributed by atoms with Crippen molar-refractivity contribution in [3.8, 4) is 0 Å². The van der Waals surface area contributed by atoms with Crippen molar-refractivity contribution in [3.63, 3.8) is 0 Å². The highest BCUT2D eigenvalue weighted by Crippen LogP contribution is 2.41. The minimum Gasteiger partial charge on any atom is -0.394 e. The lowest BCUT2D eigenvalue weighted by Crippen LogP contribution is -2.72. The molecule has 0 aliphatic carbocycles. The van der Waals surface area contributed by atoms with Crippen LogP contribution < -0.4 is 21.3 Å². The van der Waals surface area contributed by atoms with Gasteiger partial charge in [-0.3, -0.25) is 19.2 Å². The van der Waals surface area contributed by atoms with Crippen molar-refractivity contribution in [2.24, 2.45) is 0 Å². The van der Waals surface area contributed by atoms with Crippen LogP contribution >= 0.6 is 0 Å². The molecule has 134 heavy (non-hydrogen) atoms. The fourth-order valence-electron chi connectivity index (χ4n) is 18.0. The Kier molecular flexibility index (Phi) is 50.5. The van der Waals surface area contributed by atoms with Crippen molar-refractivity contribution in [1.82, 2.24) is 21.3 Å². The molecule has 4 amide bonds. The number of ether oxygens (including phenoxy) is 16. The number of carbonyl (C=O) groups excluding carboxylic acids is 4. The molecular formula is C88H156N4O42. The highest BCUT2D eigenvalue weighted by molar-refractivity contribution is 5.76. The van der Waals surface area contributed by atoms with Gasteiger partial charge in [0.25, 0.3) is 0 Å². The number of amides is 4. The summed E-state index contributed by atoms with van der Waals surface area (Å²) in [6.07, 6.45) is -46.1. The van der Waals surface area contributed by atoms with Gasteiger partial charge in [0.1, 0.15) is 189 Å². The number of carbonyl (C=O) groups is 4. The zero-order chi connectivity index (χ0) is 98.2. The minimum atomic E-state index is -2.57. The molecule has 0 bridgehead atoms. The molecule has 0 spiro atoms. The summed E-state index contributed by atoms with van der Waals surface area (Å²) < 4.78 is 97.7. The maximum Gasteiger partial charge on any atom is 0.220 e. The molecule has 0 radical (unpaired) electrons. The Morgan fingerprint density at radius 3 is 1.08 bits per heavy atom. The first kappa shape index (κ1) is 115. The molecule has 8 aliphatic heterocycles. The average Bonchev–Trinajstić information content (AvgIpc) is 0.752. The Hall–Kier alpha value is -3.90. The lowest BCUT2D eigenvalue weighted by atomic mass is 9.93. The fourth-order valence-corrected chi connectivity index (χ4v) is 18.0. The molecule has 8 saturated heterocycles. The predicted molar refractivity (Wildman–Crippen MR) is 460 cm³/mol. The summed E-state index contributed by atoms with van der Waals surface area (Å²) >= 11 is 0. The number of allylic oxidation sites excluding steroid dienone is 1. The zero-order valence-electron chi connectivity index (χ0n) is 77.4. The summed E-state index contributed by atoms with van der Waals surface area (Å²) in [5, 5.41) is 261. The van der Waals surface area contributed by atoms with Gasteiger partial charge in [-0.1, -0.05) is 167 Å². The first-order valence-corrected chi connectivity index (χ1v) is 47.8. The van der Waals surface area contributed by atoms with E-state index in [9.17, 15) is 132 Å². The number of unbranched alkanes of at least 4 members (excludes halogenated alkanes) is 23. The van der Waals surface area contributed by atoms with Crippen LogP contribution in [0.5, 0.6) is 0 Å². The number of aliphatic hydroxyl groups excluding tert-OH is 22. The van der Waals surface area contributed by atoms with Gasteiger partial charge in [-0.25, -0.2) is 0 Å². The molecule has 42 atom stereocenters. The Bertz CT molecular complexity index is 3340. The monoisotopic (exact) mass is 1940 g/mol. The molecule has 780 valence electrons. The Labute approximate surface area is 780 Å². The second kappa shape index (κ2) is 58.6. The molecule has 0 aromatic rings. The Balaban J connectivity index is 1.04. The summed E-state index contributed by atoms with van der Waals surface area (Å²) in [7, 11) is 0. The van der Waals surface area contributed by atoms with Gasteiger partial charge in [0, 0.05) is 27.2 Å². The van der Waals surface area contributed by atoms with E-state index in [4.69, 9.17) is 75.8 Å². The minimum absolute atomic E-state index is 0.136. The SMILES string of the molecule is CCCCCCCCCCCCC/C=C/[C@@H](O)[C@H](CO[C@@H]1OC(CO)[C@@H](O[C@@H]2OC(CO)[C@H](O[C@@H]3OC(CO)[C@H](O[C@@H]4OC(CO)[C@H](O)[C@H](O[C@@H]5OC(CO)[C@H](O)[C@H](O)C5O[C@H]5OC(C)[C@@H](O)C(O)[C@@H]5O)C4NC(C)=O)[C@H](O[C@@H]4OC(CO)[C@H](O)[C@H](O[C@H]5OC(CO)[C@H](O)[C@H](O)C5NC(C)=O)C4NC(C)=O)C3O)[C@H](O)C2O)[C@H](O)C1O)NC(=O)CCCCCCCCCCCCCCC. The third-order valence-electron chi connectivity index (χ3n) is 25.8. The maximum absolute atomic E-state index is 13.6. The van der Waals surface area contributed by atoms with Crippen molar-refractivity contribution in [2.45, 2.75) is 466 Å². The summed E-state index contributed by atoms with van der Waals surface area (Å²) in [5.74, 6) is -3.18. The molecule has 26 N–H and O–H groups in total. The van der Waals surface area contributed by atoms with Crippen molar-refractivity contribution in [1.29, 1.82) is 0 Å². The van der Waals surface area contributed by atoms with Crippen LogP contribution in [0.2, 0.25) is 0 Å². The smallest absolute Gasteiger partial charge is 0.220 e. The third-order valence-corrected chi connectivity index (χ3v) is 25.8. The Morgan fingerprint density at radius 1 is 0.306 bits per heavy atom. The lowest BCUT2D eigenvalue weighted by Gasteiger charge is -2.52. The van der Waals surface area contributed by atoms with E-state index in [0.717, 1.165) is 78.6 Å². The molecule has 46 nitrogen and oxygen atoms in total. The molecule has 0 saturated carbocycles. The molecule has 8 rings (SSSR count). The maximum atomic E-state index is 13.6. The lowest BCUT2D eigenvalue weighted by molar-refractivity contribution is -0.403. The number of hydrogen-bond donors (Lipinski definition) is 26. The van der Waals surface area contributed by atoms with Gasteiger partial charge < -0.3 is 209 Å². The number of nitrogens with one attached hydrogen (secondary N) is 4. The van der Waals surface area contributed by atoms with Gasteiger partial charge in [-0.15, -0.1) is 0 Å². The third kappa shape index (κ3) is 32.3. The molecule has 8 aliphatic rings. The molecule has 0 aromatic heterocycles. The van der Waals surface area contributed by atoms with Gasteiger partial charge in [-0.2, -0.15) is 0 Å². The molecular weight excluding hydrogens is 1780 g/mol. The first-order valence-electron chi connectivity index (χ1n) is 47.8. The number of rotatable bonds is 56. The molecule has 8 heterocycles. The molecule has 0 aromatic carbocycles. The van der Waals surface area contributed by atoms with Crippen molar-refractivity contribution >= 4 is 23.6 Å². The van der Waals surface area contributed by atoms with Crippen LogP contribution in [0.3, 0.4) is 0 Å². The van der Waals surface area contributed by atoms with E-state index in [-0.39, 0.29) is 12.3 Å². The highest BCUT2D eigenvalue weighted by atomic mass is 16.8. The second-order valence-corrected chi connectivity index (χ2v) is 36.3. The van der Waals surface area contributed by atoms with Crippen LogP contribution in [0.25, 0.3) is 0 Å². The van der Waals surface area contributed by atoms with Crippen molar-refractivity contribution < 1.29 is 207 Å². The van der Waals surface area contributed by atoms with Gasteiger partial charge in [-0.05, 0) is 26.2 Å². The van der Waals surface area contributed by atoms with E-state index in [1.807, 2.05) is 6.08 Å². The topological polar surface area (TPSA) is 709 Å². The van der Waals surface area contributed by atoms with E-state index < -0.39 is 328 Å². The summed E-state index contributed by atoms with van der Waals surface area (Å²) in [6.45, 7) is 0.208. The fraction of sp³-hybridized carbons (Fsp3) is 0.932. The van der Waals surface area contributed by atoms with E-state index in [1.165, 1.54) is 96.8 Å². The standard InChI is InChI=1S/C88H156N4O42/c1-7-9-11-13-15-17-19-21-23-25-27-29-31-33-48(103)47(92-56(104)34-32-30-28-26-24-22-20-18-16-14-12-10-8-2)42-119-84-71(116)68(113)74(53(39-97)125-84)128-86-72(117)69(114)75(54(40-98)126-86)129-87-73(118)79(133-83-58(90-45(5)101)77(63(108)51(37-95)123-83)131-81-57(89-44(4)100)65(110)61(106)49(35-93)121-81)76(55(41-99)127-87)130-82-59(91-46(6)102)78(64(109)52(38-96)122-82)132-88-80(67(112)62(107)50(36-94)124-88)134-85-70(115)66(111)60(105)43(3)120-85/h31,33,43,47-55,57-88,93-99,103,105-118H,7-30,32,34-42H2,1-6H3,(H,89,100)(H,90,101)(H,91,102)(H,92,104)/b33-31+/t43?,47-,48+,49?,50?,51?,52?,53?,54?,55?,57?,58?,59?,60+,61-,62-,63-,64-,65+,66?,67-,68+,69+,70-,71?,72?,73?,74+,75-,76-,77+,78+,79+,80?,81+,82-,83-,84+,85+,86-,87-,88-/m0/s1. The summed E-state index contributed by atoms with van der Waals surface area (Å²) in [5.41, 5.74) is 0. The highest BCUT2D eigenvalue weighted by Gasteiger charge is 2.61. The van der Waals surface area contributed by atoms with Crippen LogP contribution in [0.4, 0.5) is 0 Å². The number of hydrogen-bond acceptors (Lipinski definition) is 42. The zero-order valence-corrected chi connectivity index (χ0v) is 77.4. The quantitative estimate of drug-likeness (QED) is 0.0199. The Morgan fingerprint density at radius 2 is 0.627 bits per heavy atom. The van der Waals surface area contributed by atoms with E-state index in [0.29, 0.717) is 12.8 Å². The van der Waals surface area contributed by atoms with Crippen LogP contribution in [-0.2, 0) is 95.0 Å². The van der Waals surface area contributed by atoms with Gasteiger partial charge >= 0.3 is 0 Å². The largest absolute Gasteiger partial charge is 0.394 e. The van der Waals surface area contributed by atoms with Crippen LogP contribution in [0, 0.1) is 0 Å². The first-order chi connectivity index (χ1) is 64.1. The molecule has 16 unspecified atom stereocenters. The average molecular weight is 1940 g/mol. The molecule has 46 heteroatoms. The van der Waals surface area contributed by atoms with Gasteiger partial charge in [0.2, 0.25) is 23.6 Å². The van der Waals surface area contributed by atoms with E-state index >= 15 is 0 Å². The van der Waals surface area contributed by atoms with E-state index in [1.54, 1.807) is 6.08 Å². The second-order valence-electron chi connectivity index (χ2n) is 36.3. The van der Waals surface area contributed by atoms with Crippen LogP contribution in [0.1, 0.15) is 208 Å². The van der Waals surface area contributed by atoms with E-state index in [2.05, 4.69) is 35.1 Å². The summed E-state index contributed by atoms with van der Waals surface area (Å²) in [6, 6.07) is -6.89. The van der Waals surface area contributed by atoms with Gasteiger partial charge in [0.05, 0.1) is 71.1 Å². The van der Waals surface area contributed by atoms with Gasteiger partial charge in [0.15, 0.2) is 50.3 Å².